The summed E-state index contributed by atoms with van der Waals surface area (Å²) in [5, 5.41) is 0. The van der Waals surface area contributed by atoms with Gasteiger partial charge in [0.15, 0.2) is 0 Å². The number of hydrogen-bond acceptors (Lipinski definition) is 1. The molecule has 1 aromatic heterocycles. The molecule has 1 aliphatic rings. The van der Waals surface area contributed by atoms with Gasteiger partial charge in [0.1, 0.15) is 0 Å². The molecule has 0 aromatic carbocycles. The second kappa shape index (κ2) is 3.77. The number of aryl methyl sites for hydroxylation is 2. The van der Waals surface area contributed by atoms with Crippen molar-refractivity contribution in [3.8, 4) is 0 Å². The van der Waals surface area contributed by atoms with E-state index in [2.05, 4.69) is 42.4 Å². The van der Waals surface area contributed by atoms with Gasteiger partial charge in [-0.15, -0.1) is 0 Å². The van der Waals surface area contributed by atoms with Gasteiger partial charge < -0.3 is 4.57 Å². The summed E-state index contributed by atoms with van der Waals surface area (Å²) < 4.78 is 2.48. The van der Waals surface area contributed by atoms with E-state index in [1.807, 2.05) is 0 Å². The number of aromatic nitrogens is 1. The van der Waals surface area contributed by atoms with Crippen LogP contribution < -0.4 is 0 Å². The largest absolute Gasteiger partial charge is 0.344 e. The molecule has 1 saturated heterocycles. The Morgan fingerprint density at radius 3 is 2.29 bits per heavy atom. The molecule has 1 aliphatic heterocycles. The van der Waals surface area contributed by atoms with Gasteiger partial charge in [0.05, 0.1) is 6.04 Å². The van der Waals surface area contributed by atoms with Crippen molar-refractivity contribution in [2.75, 3.05) is 19.6 Å². The maximum absolute atomic E-state index is 2.53. The van der Waals surface area contributed by atoms with Crippen molar-refractivity contribution in [3.63, 3.8) is 0 Å². The molecule has 1 aromatic rings. The topological polar surface area (TPSA) is 8.17 Å². The Bertz CT molecular complexity index is 289. The van der Waals surface area contributed by atoms with E-state index in [9.17, 15) is 0 Å². The van der Waals surface area contributed by atoms with E-state index in [-0.39, 0.29) is 0 Å². The molecule has 0 amide bonds. The fourth-order valence-electron chi connectivity index (χ4n) is 2.46. The summed E-state index contributed by atoms with van der Waals surface area (Å²) in [6.07, 6.45) is 1.27. The molecule has 14 heavy (non-hydrogen) atoms. The van der Waals surface area contributed by atoms with Gasteiger partial charge in [0.25, 0.3) is 0 Å². The predicted molar refractivity (Wildman–Crippen MR) is 59.7 cm³/mol. The molecule has 0 spiro atoms. The SMILES string of the molecule is CCCN1CC(n2c(C)ccc2C)C1. The smallest absolute Gasteiger partial charge is 0.0589 e. The Kier molecular flexibility index (Phi) is 2.64. The lowest BCUT2D eigenvalue weighted by molar-refractivity contribution is 0.105. The fraction of sp³-hybridized carbons (Fsp3) is 0.667. The lowest BCUT2D eigenvalue weighted by Gasteiger charge is -2.41. The van der Waals surface area contributed by atoms with Crippen molar-refractivity contribution in [1.82, 2.24) is 9.47 Å². The first kappa shape index (κ1) is 9.78. The first-order valence-corrected chi connectivity index (χ1v) is 5.59. The maximum atomic E-state index is 2.53. The molecule has 0 atom stereocenters. The highest BCUT2D eigenvalue weighted by Crippen LogP contribution is 2.25. The molecule has 0 bridgehead atoms. The molecular formula is C12H20N2. The lowest BCUT2D eigenvalue weighted by atomic mass is 10.1. The molecule has 1 fully saturated rings. The Morgan fingerprint density at radius 1 is 1.21 bits per heavy atom. The van der Waals surface area contributed by atoms with Crippen LogP contribution in [0.1, 0.15) is 30.8 Å². The molecule has 2 heterocycles. The van der Waals surface area contributed by atoms with Crippen molar-refractivity contribution in [3.05, 3.63) is 23.5 Å². The summed E-state index contributed by atoms with van der Waals surface area (Å²) in [6.45, 7) is 10.4. The van der Waals surface area contributed by atoms with E-state index in [1.165, 1.54) is 37.4 Å². The molecule has 0 radical (unpaired) electrons. The molecule has 78 valence electrons. The second-order valence-corrected chi connectivity index (χ2v) is 4.40. The van der Waals surface area contributed by atoms with E-state index >= 15 is 0 Å². The Hall–Kier alpha value is -0.760. The standard InChI is InChI=1S/C12H20N2/c1-4-7-13-8-12(9-13)14-10(2)5-6-11(14)3/h5-6,12H,4,7-9H2,1-3H3. The van der Waals surface area contributed by atoms with Crippen molar-refractivity contribution in [1.29, 1.82) is 0 Å². The van der Waals surface area contributed by atoms with E-state index < -0.39 is 0 Å². The average molecular weight is 192 g/mol. The number of likely N-dealkylation sites (tertiary alicyclic amines) is 1. The summed E-state index contributed by atoms with van der Waals surface area (Å²) in [7, 11) is 0. The Morgan fingerprint density at radius 2 is 1.79 bits per heavy atom. The van der Waals surface area contributed by atoms with Gasteiger partial charge in [-0.2, -0.15) is 0 Å². The predicted octanol–water partition coefficient (Wildman–Crippen LogP) is 2.37. The molecule has 2 heteroatoms. The average Bonchev–Trinajstić information content (AvgIpc) is 2.40. The van der Waals surface area contributed by atoms with E-state index in [0.29, 0.717) is 0 Å². The van der Waals surface area contributed by atoms with Crippen LogP contribution in [0.3, 0.4) is 0 Å². The summed E-state index contributed by atoms with van der Waals surface area (Å²) in [4.78, 5) is 2.53. The van der Waals surface area contributed by atoms with Gasteiger partial charge in [-0.25, -0.2) is 0 Å². The van der Waals surface area contributed by atoms with E-state index in [1.54, 1.807) is 0 Å². The molecule has 0 unspecified atom stereocenters. The number of nitrogens with zero attached hydrogens (tertiary/aromatic N) is 2. The van der Waals surface area contributed by atoms with E-state index in [0.717, 1.165) is 6.04 Å². The highest BCUT2D eigenvalue weighted by Gasteiger charge is 2.28. The number of hydrogen-bond donors (Lipinski definition) is 0. The minimum Gasteiger partial charge on any atom is -0.344 e. The minimum absolute atomic E-state index is 0.733. The molecule has 0 N–H and O–H groups in total. The van der Waals surface area contributed by atoms with Gasteiger partial charge >= 0.3 is 0 Å². The normalized spacial score (nSPS) is 18.5. The van der Waals surface area contributed by atoms with Crippen molar-refractivity contribution >= 4 is 0 Å². The van der Waals surface area contributed by atoms with Crippen LogP contribution in [0.5, 0.6) is 0 Å². The van der Waals surface area contributed by atoms with Crippen LogP contribution in [-0.2, 0) is 0 Å². The third kappa shape index (κ3) is 1.59. The number of rotatable bonds is 3. The lowest BCUT2D eigenvalue weighted by Crippen LogP contribution is -2.48. The van der Waals surface area contributed by atoms with Crippen molar-refractivity contribution in [2.45, 2.75) is 33.2 Å². The third-order valence-electron chi connectivity index (χ3n) is 3.17. The van der Waals surface area contributed by atoms with Crippen LogP contribution in [-0.4, -0.2) is 29.1 Å². The van der Waals surface area contributed by atoms with Crippen LogP contribution in [0.2, 0.25) is 0 Å². The van der Waals surface area contributed by atoms with Gasteiger partial charge in [0, 0.05) is 24.5 Å². The molecule has 0 saturated carbocycles. The van der Waals surface area contributed by atoms with Crippen LogP contribution in [0, 0.1) is 13.8 Å². The monoisotopic (exact) mass is 192 g/mol. The van der Waals surface area contributed by atoms with Crippen LogP contribution in [0.4, 0.5) is 0 Å². The quantitative estimate of drug-likeness (QED) is 0.714. The fourth-order valence-corrected chi connectivity index (χ4v) is 2.46. The van der Waals surface area contributed by atoms with E-state index in [4.69, 9.17) is 0 Å². The highest BCUT2D eigenvalue weighted by molar-refractivity contribution is 5.16. The van der Waals surface area contributed by atoms with Crippen LogP contribution in [0.15, 0.2) is 12.1 Å². The van der Waals surface area contributed by atoms with Gasteiger partial charge in [-0.3, -0.25) is 4.90 Å². The Balaban J connectivity index is 1.99. The van der Waals surface area contributed by atoms with Gasteiger partial charge in [-0.05, 0) is 38.9 Å². The zero-order valence-electron chi connectivity index (χ0n) is 9.45. The summed E-state index contributed by atoms with van der Waals surface area (Å²) in [6, 6.07) is 5.17. The second-order valence-electron chi connectivity index (χ2n) is 4.40. The minimum atomic E-state index is 0.733. The van der Waals surface area contributed by atoms with Crippen LogP contribution in [0.25, 0.3) is 0 Å². The summed E-state index contributed by atoms with van der Waals surface area (Å²) >= 11 is 0. The summed E-state index contributed by atoms with van der Waals surface area (Å²) in [5.41, 5.74) is 2.81. The summed E-state index contributed by atoms with van der Waals surface area (Å²) in [5.74, 6) is 0. The first-order valence-electron chi connectivity index (χ1n) is 5.59. The molecule has 2 nitrogen and oxygen atoms in total. The third-order valence-corrected chi connectivity index (χ3v) is 3.17. The van der Waals surface area contributed by atoms with Gasteiger partial charge in [-0.1, -0.05) is 6.92 Å². The van der Waals surface area contributed by atoms with Crippen molar-refractivity contribution in [2.24, 2.45) is 0 Å². The zero-order valence-corrected chi connectivity index (χ0v) is 9.45. The maximum Gasteiger partial charge on any atom is 0.0589 e. The molecule has 2 rings (SSSR count). The van der Waals surface area contributed by atoms with Crippen LogP contribution >= 0.6 is 0 Å². The zero-order chi connectivity index (χ0) is 10.1. The van der Waals surface area contributed by atoms with Crippen molar-refractivity contribution < 1.29 is 0 Å². The molecular weight excluding hydrogens is 172 g/mol. The highest BCUT2D eigenvalue weighted by atomic mass is 15.3. The molecule has 0 aliphatic carbocycles. The Labute approximate surface area is 86.5 Å². The van der Waals surface area contributed by atoms with Gasteiger partial charge in [0.2, 0.25) is 0 Å². The first-order chi connectivity index (χ1) is 6.72.